The molecule has 0 bridgehead atoms. The molecular formula is C15H15N3OS. The van der Waals surface area contributed by atoms with Crippen molar-refractivity contribution in [3.8, 4) is 10.7 Å². The number of thiophene rings is 1. The van der Waals surface area contributed by atoms with E-state index in [1.54, 1.807) is 11.3 Å². The SMILES string of the molecule is Cc1ccc(-c2nc3cccnc3n2C2CCOC2)s1. The third-order valence-electron chi connectivity index (χ3n) is 3.68. The average Bonchev–Trinajstić information content (AvgIpc) is 3.15. The van der Waals surface area contributed by atoms with Crippen molar-refractivity contribution in [2.24, 2.45) is 0 Å². The fourth-order valence-electron chi connectivity index (χ4n) is 2.73. The number of aromatic nitrogens is 3. The molecule has 4 rings (SSSR count). The number of hydrogen-bond acceptors (Lipinski definition) is 4. The molecule has 20 heavy (non-hydrogen) atoms. The van der Waals surface area contributed by atoms with E-state index in [9.17, 15) is 0 Å². The second-order valence-electron chi connectivity index (χ2n) is 5.08. The van der Waals surface area contributed by atoms with Gasteiger partial charge in [-0.05, 0) is 37.6 Å². The Balaban J connectivity index is 1.96. The number of fused-ring (bicyclic) bond motifs is 1. The molecule has 0 saturated carbocycles. The van der Waals surface area contributed by atoms with Gasteiger partial charge in [0.15, 0.2) is 11.5 Å². The van der Waals surface area contributed by atoms with Gasteiger partial charge < -0.3 is 9.30 Å². The minimum absolute atomic E-state index is 0.340. The zero-order valence-corrected chi connectivity index (χ0v) is 12.1. The minimum atomic E-state index is 0.340. The summed E-state index contributed by atoms with van der Waals surface area (Å²) in [5.41, 5.74) is 1.92. The van der Waals surface area contributed by atoms with E-state index in [4.69, 9.17) is 9.72 Å². The predicted molar refractivity (Wildman–Crippen MR) is 80.1 cm³/mol. The molecule has 0 amide bonds. The van der Waals surface area contributed by atoms with E-state index in [1.807, 2.05) is 18.3 Å². The highest BCUT2D eigenvalue weighted by molar-refractivity contribution is 7.15. The number of ether oxygens (including phenoxy) is 1. The Bertz CT molecular complexity index is 755. The average molecular weight is 285 g/mol. The van der Waals surface area contributed by atoms with E-state index >= 15 is 0 Å². The molecular weight excluding hydrogens is 270 g/mol. The zero-order valence-electron chi connectivity index (χ0n) is 11.2. The number of nitrogens with zero attached hydrogens (tertiary/aromatic N) is 3. The third kappa shape index (κ3) is 1.85. The molecule has 3 aromatic rings. The molecule has 1 atom stereocenters. The summed E-state index contributed by atoms with van der Waals surface area (Å²) in [7, 11) is 0. The molecule has 0 N–H and O–H groups in total. The van der Waals surface area contributed by atoms with Crippen molar-refractivity contribution in [2.45, 2.75) is 19.4 Å². The van der Waals surface area contributed by atoms with Crippen LogP contribution in [0.5, 0.6) is 0 Å². The van der Waals surface area contributed by atoms with Crippen LogP contribution in [0.1, 0.15) is 17.3 Å². The van der Waals surface area contributed by atoms with Gasteiger partial charge in [0.05, 0.1) is 17.5 Å². The van der Waals surface area contributed by atoms with Crippen LogP contribution in [0.3, 0.4) is 0 Å². The molecule has 1 aliphatic rings. The van der Waals surface area contributed by atoms with Gasteiger partial charge in [0.25, 0.3) is 0 Å². The summed E-state index contributed by atoms with van der Waals surface area (Å²) < 4.78 is 7.81. The first-order valence-electron chi connectivity index (χ1n) is 6.80. The van der Waals surface area contributed by atoms with Crippen molar-refractivity contribution < 1.29 is 4.74 Å². The number of imidazole rings is 1. The molecule has 1 saturated heterocycles. The van der Waals surface area contributed by atoms with Crippen molar-refractivity contribution >= 4 is 22.5 Å². The molecule has 5 heteroatoms. The second kappa shape index (κ2) is 4.68. The van der Waals surface area contributed by atoms with Gasteiger partial charge in [0.2, 0.25) is 0 Å². The first-order chi connectivity index (χ1) is 9.83. The van der Waals surface area contributed by atoms with Gasteiger partial charge in [0.1, 0.15) is 5.52 Å². The Morgan fingerprint density at radius 2 is 2.30 bits per heavy atom. The largest absolute Gasteiger partial charge is 0.379 e. The molecule has 3 aromatic heterocycles. The first-order valence-corrected chi connectivity index (χ1v) is 7.62. The topological polar surface area (TPSA) is 39.9 Å². The lowest BCUT2D eigenvalue weighted by Crippen LogP contribution is -2.10. The van der Waals surface area contributed by atoms with Crippen molar-refractivity contribution in [3.05, 3.63) is 35.3 Å². The van der Waals surface area contributed by atoms with Gasteiger partial charge in [-0.1, -0.05) is 0 Å². The molecule has 102 valence electrons. The van der Waals surface area contributed by atoms with Gasteiger partial charge in [-0.3, -0.25) is 0 Å². The van der Waals surface area contributed by atoms with Gasteiger partial charge >= 0.3 is 0 Å². The maximum Gasteiger partial charge on any atom is 0.160 e. The van der Waals surface area contributed by atoms with E-state index in [1.165, 1.54) is 9.75 Å². The van der Waals surface area contributed by atoms with Crippen molar-refractivity contribution in [1.82, 2.24) is 14.5 Å². The summed E-state index contributed by atoms with van der Waals surface area (Å²) in [6, 6.07) is 8.59. The summed E-state index contributed by atoms with van der Waals surface area (Å²) in [4.78, 5) is 11.8. The molecule has 1 unspecified atom stereocenters. The van der Waals surface area contributed by atoms with Crippen LogP contribution in [0.15, 0.2) is 30.5 Å². The lowest BCUT2D eigenvalue weighted by molar-refractivity contribution is 0.187. The Hall–Kier alpha value is -1.72. The fraction of sp³-hybridized carbons (Fsp3) is 0.333. The molecule has 0 aromatic carbocycles. The highest BCUT2D eigenvalue weighted by atomic mass is 32.1. The molecule has 4 heterocycles. The van der Waals surface area contributed by atoms with Crippen molar-refractivity contribution in [1.29, 1.82) is 0 Å². The zero-order chi connectivity index (χ0) is 13.5. The van der Waals surface area contributed by atoms with Gasteiger partial charge in [-0.15, -0.1) is 11.3 Å². The van der Waals surface area contributed by atoms with Crippen LogP contribution in [0.2, 0.25) is 0 Å². The highest BCUT2D eigenvalue weighted by Crippen LogP contribution is 2.34. The van der Waals surface area contributed by atoms with Gasteiger partial charge in [0, 0.05) is 17.7 Å². The van der Waals surface area contributed by atoms with E-state index in [2.05, 4.69) is 28.6 Å². The first kappa shape index (κ1) is 12.1. The fourth-order valence-corrected chi connectivity index (χ4v) is 3.58. The molecule has 1 aliphatic heterocycles. The molecule has 4 nitrogen and oxygen atoms in total. The smallest absolute Gasteiger partial charge is 0.160 e. The van der Waals surface area contributed by atoms with Crippen molar-refractivity contribution in [2.75, 3.05) is 13.2 Å². The highest BCUT2D eigenvalue weighted by Gasteiger charge is 2.25. The number of pyridine rings is 1. The lowest BCUT2D eigenvalue weighted by Gasteiger charge is -2.13. The number of rotatable bonds is 2. The van der Waals surface area contributed by atoms with Crippen LogP contribution in [-0.4, -0.2) is 27.7 Å². The Labute approximate surface area is 121 Å². The third-order valence-corrected chi connectivity index (χ3v) is 4.68. The Morgan fingerprint density at radius 1 is 1.35 bits per heavy atom. The van der Waals surface area contributed by atoms with Gasteiger partial charge in [-0.25, -0.2) is 9.97 Å². The molecule has 0 radical (unpaired) electrons. The number of hydrogen-bond donors (Lipinski definition) is 0. The maximum atomic E-state index is 5.55. The van der Waals surface area contributed by atoms with E-state index in [0.717, 1.165) is 36.6 Å². The second-order valence-corrected chi connectivity index (χ2v) is 6.37. The van der Waals surface area contributed by atoms with Crippen LogP contribution in [-0.2, 0) is 4.74 Å². The lowest BCUT2D eigenvalue weighted by atomic mass is 10.2. The Kier molecular flexibility index (Phi) is 2.82. The maximum absolute atomic E-state index is 5.55. The Morgan fingerprint density at radius 3 is 3.05 bits per heavy atom. The van der Waals surface area contributed by atoms with Crippen LogP contribution >= 0.6 is 11.3 Å². The van der Waals surface area contributed by atoms with Crippen LogP contribution in [0, 0.1) is 6.92 Å². The van der Waals surface area contributed by atoms with Crippen LogP contribution in [0.4, 0.5) is 0 Å². The molecule has 0 spiro atoms. The van der Waals surface area contributed by atoms with E-state index < -0.39 is 0 Å². The summed E-state index contributed by atoms with van der Waals surface area (Å²) >= 11 is 1.78. The van der Waals surface area contributed by atoms with E-state index in [0.29, 0.717) is 6.04 Å². The van der Waals surface area contributed by atoms with Crippen LogP contribution < -0.4 is 0 Å². The number of aryl methyl sites for hydroxylation is 1. The van der Waals surface area contributed by atoms with Crippen molar-refractivity contribution in [3.63, 3.8) is 0 Å². The van der Waals surface area contributed by atoms with E-state index in [-0.39, 0.29) is 0 Å². The van der Waals surface area contributed by atoms with Crippen LogP contribution in [0.25, 0.3) is 21.9 Å². The van der Waals surface area contributed by atoms with Gasteiger partial charge in [-0.2, -0.15) is 0 Å². The predicted octanol–water partition coefficient (Wildman–Crippen LogP) is 3.43. The summed E-state index contributed by atoms with van der Waals surface area (Å²) in [5.74, 6) is 1.02. The quantitative estimate of drug-likeness (QED) is 0.724. The molecule has 0 aliphatic carbocycles. The normalized spacial score (nSPS) is 18.9. The summed E-state index contributed by atoms with van der Waals surface area (Å²) in [5, 5.41) is 0. The standard InChI is InChI=1S/C15H15N3OS/c1-10-4-5-13(20-10)15-17-12-3-2-7-16-14(12)18(15)11-6-8-19-9-11/h2-5,7,11H,6,8-9H2,1H3. The summed E-state index contributed by atoms with van der Waals surface area (Å²) in [6.07, 6.45) is 2.86. The monoisotopic (exact) mass is 285 g/mol. The minimum Gasteiger partial charge on any atom is -0.379 e. The summed E-state index contributed by atoms with van der Waals surface area (Å²) in [6.45, 7) is 3.69. The molecule has 1 fully saturated rings.